The van der Waals surface area contributed by atoms with Gasteiger partial charge in [-0.1, -0.05) is 11.3 Å². The number of anilines is 1. The van der Waals surface area contributed by atoms with Gasteiger partial charge in [-0.25, -0.2) is 9.67 Å². The summed E-state index contributed by atoms with van der Waals surface area (Å²) in [7, 11) is 1.64. The number of aryl methyl sites for hydroxylation is 1. The third-order valence-electron chi connectivity index (χ3n) is 3.82. The normalized spacial score (nSPS) is 11.3. The molecule has 4 aromatic heterocycles. The van der Waals surface area contributed by atoms with Gasteiger partial charge in [0.25, 0.3) is 0 Å². The molecule has 0 aliphatic rings. The number of pyridine rings is 1. The van der Waals surface area contributed by atoms with E-state index in [1.807, 2.05) is 37.3 Å². The molecule has 2 N–H and O–H groups in total. The highest BCUT2D eigenvalue weighted by Crippen LogP contribution is 2.26. The SMILES string of the molecule is COCc1cccc(Cn2nnc3c(-c4ccc(C)o4)nc(N)nc32)n1. The minimum atomic E-state index is 0.131. The van der Waals surface area contributed by atoms with Gasteiger partial charge in [-0.05, 0) is 31.2 Å². The lowest BCUT2D eigenvalue weighted by Crippen LogP contribution is -2.07. The Hall–Kier alpha value is -3.33. The van der Waals surface area contributed by atoms with Crippen molar-refractivity contribution in [1.82, 2.24) is 29.9 Å². The molecule has 0 aromatic carbocycles. The van der Waals surface area contributed by atoms with Crippen molar-refractivity contribution >= 4 is 17.1 Å². The van der Waals surface area contributed by atoms with Crippen molar-refractivity contribution in [2.45, 2.75) is 20.1 Å². The van der Waals surface area contributed by atoms with Crippen LogP contribution in [0, 0.1) is 6.92 Å². The molecule has 0 spiro atoms. The molecule has 4 rings (SSSR count). The van der Waals surface area contributed by atoms with Crippen molar-refractivity contribution in [3.05, 3.63) is 47.5 Å². The zero-order valence-corrected chi connectivity index (χ0v) is 14.4. The summed E-state index contributed by atoms with van der Waals surface area (Å²) in [6.07, 6.45) is 0. The summed E-state index contributed by atoms with van der Waals surface area (Å²) in [5.41, 5.74) is 9.13. The molecule has 9 heteroatoms. The maximum absolute atomic E-state index is 5.89. The Balaban J connectivity index is 1.75. The first-order valence-electron chi connectivity index (χ1n) is 8.01. The maximum atomic E-state index is 5.89. The van der Waals surface area contributed by atoms with Gasteiger partial charge in [-0.3, -0.25) is 4.98 Å². The molecule has 0 aliphatic heterocycles. The van der Waals surface area contributed by atoms with E-state index in [0.717, 1.165) is 17.1 Å². The number of nitrogens with two attached hydrogens (primary N) is 1. The summed E-state index contributed by atoms with van der Waals surface area (Å²) in [6, 6.07) is 9.43. The van der Waals surface area contributed by atoms with Crippen LogP contribution < -0.4 is 5.73 Å². The van der Waals surface area contributed by atoms with E-state index in [4.69, 9.17) is 14.9 Å². The van der Waals surface area contributed by atoms with E-state index in [-0.39, 0.29) is 5.95 Å². The average Bonchev–Trinajstić information content (AvgIpc) is 3.22. The summed E-state index contributed by atoms with van der Waals surface area (Å²) in [6.45, 7) is 2.71. The number of aromatic nitrogens is 6. The van der Waals surface area contributed by atoms with Crippen molar-refractivity contribution in [2.75, 3.05) is 12.8 Å². The van der Waals surface area contributed by atoms with Gasteiger partial charge in [0.05, 0.1) is 24.5 Å². The molecule has 0 saturated heterocycles. The van der Waals surface area contributed by atoms with E-state index in [1.165, 1.54) is 0 Å². The number of rotatable bonds is 5. The molecule has 26 heavy (non-hydrogen) atoms. The molecular weight excluding hydrogens is 334 g/mol. The number of fused-ring (bicyclic) bond motifs is 1. The number of hydrogen-bond donors (Lipinski definition) is 1. The maximum Gasteiger partial charge on any atom is 0.222 e. The van der Waals surface area contributed by atoms with Crippen molar-refractivity contribution in [3.8, 4) is 11.5 Å². The fourth-order valence-electron chi connectivity index (χ4n) is 2.71. The monoisotopic (exact) mass is 351 g/mol. The molecule has 9 nitrogen and oxygen atoms in total. The first kappa shape index (κ1) is 16.2. The second-order valence-corrected chi connectivity index (χ2v) is 5.81. The number of nitrogen functional groups attached to an aromatic ring is 1. The van der Waals surface area contributed by atoms with Crippen LogP contribution in [0.1, 0.15) is 17.1 Å². The third-order valence-corrected chi connectivity index (χ3v) is 3.82. The van der Waals surface area contributed by atoms with E-state index in [0.29, 0.717) is 35.8 Å². The number of furan rings is 1. The minimum absolute atomic E-state index is 0.131. The predicted octanol–water partition coefficient (Wildman–Crippen LogP) is 1.96. The molecule has 0 atom stereocenters. The summed E-state index contributed by atoms with van der Waals surface area (Å²) in [4.78, 5) is 13.1. The molecule has 0 unspecified atom stereocenters. The summed E-state index contributed by atoms with van der Waals surface area (Å²) < 4.78 is 12.4. The van der Waals surface area contributed by atoms with Gasteiger partial charge in [0.15, 0.2) is 16.9 Å². The Labute approximate surface area is 148 Å². The van der Waals surface area contributed by atoms with E-state index < -0.39 is 0 Å². The first-order chi connectivity index (χ1) is 12.6. The number of ether oxygens (including phenoxy) is 1. The van der Waals surface area contributed by atoms with Crippen LogP contribution in [-0.2, 0) is 17.9 Å². The van der Waals surface area contributed by atoms with Crippen LogP contribution in [0.5, 0.6) is 0 Å². The van der Waals surface area contributed by atoms with Gasteiger partial charge < -0.3 is 14.9 Å². The van der Waals surface area contributed by atoms with Gasteiger partial charge in [0, 0.05) is 7.11 Å². The van der Waals surface area contributed by atoms with E-state index in [9.17, 15) is 0 Å². The standard InChI is InChI=1S/C17H17N7O2/c1-10-6-7-13(26-10)14-15-16(21-17(18)20-14)24(23-22-15)8-11-4-3-5-12(19-11)9-25-2/h3-7H,8-9H2,1-2H3,(H2,18,20,21). The van der Waals surface area contributed by atoms with Gasteiger partial charge >= 0.3 is 0 Å². The van der Waals surface area contributed by atoms with Crippen LogP contribution in [0.25, 0.3) is 22.6 Å². The quantitative estimate of drug-likeness (QED) is 0.580. The Morgan fingerprint density at radius 3 is 2.73 bits per heavy atom. The molecule has 0 fully saturated rings. The Morgan fingerprint density at radius 1 is 1.12 bits per heavy atom. The molecule has 0 saturated carbocycles. The smallest absolute Gasteiger partial charge is 0.222 e. The fourth-order valence-corrected chi connectivity index (χ4v) is 2.71. The third kappa shape index (κ3) is 3.00. The fraction of sp³-hybridized carbons (Fsp3) is 0.235. The Kier molecular flexibility index (Phi) is 4.05. The number of methoxy groups -OCH3 is 1. The topological polar surface area (TPSA) is 118 Å². The second kappa shape index (κ2) is 6.52. The highest BCUT2D eigenvalue weighted by Gasteiger charge is 2.18. The van der Waals surface area contributed by atoms with Crippen LogP contribution in [-0.4, -0.2) is 37.1 Å². The number of nitrogens with zero attached hydrogens (tertiary/aromatic N) is 6. The summed E-state index contributed by atoms with van der Waals surface area (Å²) in [5.74, 6) is 1.48. The lowest BCUT2D eigenvalue weighted by atomic mass is 10.3. The molecule has 0 radical (unpaired) electrons. The van der Waals surface area contributed by atoms with Crippen LogP contribution in [0.15, 0.2) is 34.7 Å². The zero-order chi connectivity index (χ0) is 18.1. The lowest BCUT2D eigenvalue weighted by molar-refractivity contribution is 0.181. The van der Waals surface area contributed by atoms with Crippen LogP contribution in [0.3, 0.4) is 0 Å². The van der Waals surface area contributed by atoms with Crippen LogP contribution in [0.2, 0.25) is 0 Å². The predicted molar refractivity (Wildman–Crippen MR) is 94.0 cm³/mol. The average molecular weight is 351 g/mol. The second-order valence-electron chi connectivity index (χ2n) is 5.81. The lowest BCUT2D eigenvalue weighted by Gasteiger charge is -2.05. The largest absolute Gasteiger partial charge is 0.460 e. The number of hydrogen-bond acceptors (Lipinski definition) is 8. The van der Waals surface area contributed by atoms with Crippen LogP contribution in [0.4, 0.5) is 5.95 Å². The van der Waals surface area contributed by atoms with Crippen molar-refractivity contribution in [1.29, 1.82) is 0 Å². The van der Waals surface area contributed by atoms with Gasteiger partial charge in [0.2, 0.25) is 5.95 Å². The van der Waals surface area contributed by atoms with Crippen molar-refractivity contribution in [2.24, 2.45) is 0 Å². The minimum Gasteiger partial charge on any atom is -0.460 e. The molecular formula is C17H17N7O2. The van der Waals surface area contributed by atoms with Gasteiger partial charge in [-0.2, -0.15) is 4.98 Å². The first-order valence-corrected chi connectivity index (χ1v) is 8.01. The van der Waals surface area contributed by atoms with Crippen molar-refractivity contribution < 1.29 is 9.15 Å². The zero-order valence-electron chi connectivity index (χ0n) is 14.4. The molecule has 4 heterocycles. The Morgan fingerprint density at radius 2 is 1.96 bits per heavy atom. The molecule has 4 aromatic rings. The summed E-state index contributed by atoms with van der Waals surface area (Å²) in [5, 5.41) is 8.42. The Bertz CT molecular complexity index is 1070. The van der Waals surface area contributed by atoms with Gasteiger partial charge in [-0.15, -0.1) is 5.10 Å². The molecule has 0 amide bonds. The molecule has 132 valence electrons. The summed E-state index contributed by atoms with van der Waals surface area (Å²) >= 11 is 0. The molecule has 0 bridgehead atoms. The molecule has 0 aliphatic carbocycles. The highest BCUT2D eigenvalue weighted by molar-refractivity contribution is 5.86. The highest BCUT2D eigenvalue weighted by atomic mass is 16.5. The van der Waals surface area contributed by atoms with Gasteiger partial charge in [0.1, 0.15) is 11.5 Å². The van der Waals surface area contributed by atoms with Crippen molar-refractivity contribution in [3.63, 3.8) is 0 Å². The van der Waals surface area contributed by atoms with E-state index >= 15 is 0 Å². The van der Waals surface area contributed by atoms with Crippen LogP contribution >= 0.6 is 0 Å². The van der Waals surface area contributed by atoms with E-state index in [1.54, 1.807) is 11.8 Å². The van der Waals surface area contributed by atoms with E-state index in [2.05, 4.69) is 25.3 Å².